The van der Waals surface area contributed by atoms with Gasteiger partial charge in [-0.05, 0) is 38.1 Å². The molecule has 1 atom stereocenters. The fourth-order valence-corrected chi connectivity index (χ4v) is 4.55. The van der Waals surface area contributed by atoms with Crippen molar-refractivity contribution in [3.05, 3.63) is 42.5 Å². The number of sulfonamides is 1. The zero-order valence-electron chi connectivity index (χ0n) is 19.2. The Labute approximate surface area is 203 Å². The Hall–Kier alpha value is -3.62. The molecule has 196 valence electrons. The van der Waals surface area contributed by atoms with Crippen molar-refractivity contribution in [2.45, 2.75) is 43.5 Å². The summed E-state index contributed by atoms with van der Waals surface area (Å²) in [5.74, 6) is -1.25. The molecule has 0 aliphatic carbocycles. The van der Waals surface area contributed by atoms with Crippen LogP contribution in [0.15, 0.2) is 41.6 Å². The van der Waals surface area contributed by atoms with E-state index < -0.39 is 44.7 Å². The summed E-state index contributed by atoms with van der Waals surface area (Å²) in [6, 6.07) is 4.46. The van der Waals surface area contributed by atoms with Crippen molar-refractivity contribution in [2.24, 2.45) is 0 Å². The molecule has 10 nitrogen and oxygen atoms in total. The lowest BCUT2D eigenvalue weighted by molar-refractivity contribution is -0.242. The molecule has 0 spiro atoms. The molecular formula is C21H22F4N4O6S. The Morgan fingerprint density at radius 1 is 1.22 bits per heavy atom. The van der Waals surface area contributed by atoms with Crippen LogP contribution in [0.25, 0.3) is 0 Å². The highest BCUT2D eigenvalue weighted by Gasteiger charge is 2.51. The van der Waals surface area contributed by atoms with Gasteiger partial charge < -0.3 is 14.8 Å². The third-order valence-electron chi connectivity index (χ3n) is 5.01. The van der Waals surface area contributed by atoms with Gasteiger partial charge in [0.1, 0.15) is 22.6 Å². The second kappa shape index (κ2) is 9.79. The van der Waals surface area contributed by atoms with E-state index in [0.29, 0.717) is 13.8 Å². The van der Waals surface area contributed by atoms with Crippen LogP contribution < -0.4 is 19.7 Å². The second-order valence-electron chi connectivity index (χ2n) is 8.26. The van der Waals surface area contributed by atoms with E-state index in [0.717, 1.165) is 28.8 Å². The third-order valence-corrected chi connectivity index (χ3v) is 6.76. The number of alkyl halides is 3. The number of amides is 2. The number of benzene rings is 1. The lowest BCUT2D eigenvalue weighted by Crippen LogP contribution is -2.48. The molecule has 2 N–H and O–H groups in total. The van der Waals surface area contributed by atoms with E-state index in [9.17, 15) is 35.6 Å². The molecule has 15 heteroatoms. The molecule has 1 aliphatic rings. The Bertz CT molecular complexity index is 1270. The van der Waals surface area contributed by atoms with Crippen LogP contribution in [0, 0.1) is 5.82 Å². The van der Waals surface area contributed by atoms with Crippen LogP contribution in [0.5, 0.6) is 5.75 Å². The number of pyridine rings is 1. The SMILES string of the molecule is CC(=O)NC[C@H]1CN(S(=O)(=O)c2cncc(F)c2)c2cc(NC(=O)OC(C)(C)C(F)(F)F)ccc2O1. The Kier molecular flexibility index (Phi) is 7.34. The largest absolute Gasteiger partial charge is 0.484 e. The van der Waals surface area contributed by atoms with E-state index >= 15 is 0 Å². The third kappa shape index (κ3) is 5.95. The van der Waals surface area contributed by atoms with Gasteiger partial charge in [-0.15, -0.1) is 0 Å². The van der Waals surface area contributed by atoms with E-state index in [1.165, 1.54) is 19.1 Å². The number of hydrogen-bond acceptors (Lipinski definition) is 7. The smallest absolute Gasteiger partial charge is 0.427 e. The number of nitrogens with zero attached hydrogens (tertiary/aromatic N) is 2. The lowest BCUT2D eigenvalue weighted by Gasteiger charge is -2.35. The summed E-state index contributed by atoms with van der Waals surface area (Å²) in [5, 5.41) is 4.64. The molecule has 36 heavy (non-hydrogen) atoms. The van der Waals surface area contributed by atoms with Gasteiger partial charge in [-0.3, -0.25) is 19.4 Å². The molecule has 2 aromatic rings. The number of hydrogen-bond donors (Lipinski definition) is 2. The zero-order chi connectivity index (χ0) is 26.9. The van der Waals surface area contributed by atoms with Crippen molar-refractivity contribution in [2.75, 3.05) is 22.7 Å². The minimum Gasteiger partial charge on any atom is -0.484 e. The number of halogens is 4. The Morgan fingerprint density at radius 3 is 2.53 bits per heavy atom. The van der Waals surface area contributed by atoms with Crippen LogP contribution in [0.2, 0.25) is 0 Å². The normalized spacial score (nSPS) is 16.0. The Morgan fingerprint density at radius 2 is 1.92 bits per heavy atom. The van der Waals surface area contributed by atoms with Crippen molar-refractivity contribution in [3.63, 3.8) is 0 Å². The van der Waals surface area contributed by atoms with Crippen molar-refractivity contribution in [1.82, 2.24) is 10.3 Å². The highest BCUT2D eigenvalue weighted by atomic mass is 32.2. The van der Waals surface area contributed by atoms with Crippen LogP contribution in [-0.2, 0) is 19.6 Å². The van der Waals surface area contributed by atoms with Gasteiger partial charge in [0, 0.05) is 18.8 Å². The molecule has 2 amide bonds. The van der Waals surface area contributed by atoms with Crippen LogP contribution in [-0.4, -0.2) is 56.4 Å². The maximum atomic E-state index is 13.7. The van der Waals surface area contributed by atoms with Crippen LogP contribution >= 0.6 is 0 Å². The number of fused-ring (bicyclic) bond motifs is 1. The van der Waals surface area contributed by atoms with Gasteiger partial charge in [0.25, 0.3) is 10.0 Å². The number of nitrogens with one attached hydrogen (secondary N) is 2. The summed E-state index contributed by atoms with van der Waals surface area (Å²) in [7, 11) is -4.42. The van der Waals surface area contributed by atoms with Gasteiger partial charge in [-0.1, -0.05) is 0 Å². The average Bonchev–Trinajstić information content (AvgIpc) is 2.76. The monoisotopic (exact) mass is 534 g/mol. The molecule has 1 aromatic carbocycles. The van der Waals surface area contributed by atoms with Gasteiger partial charge in [0.15, 0.2) is 0 Å². The maximum absolute atomic E-state index is 13.7. The fourth-order valence-electron chi connectivity index (χ4n) is 3.07. The number of aromatic nitrogens is 1. The number of rotatable bonds is 6. The number of carbonyl (C=O) groups excluding carboxylic acids is 2. The average molecular weight is 534 g/mol. The van der Waals surface area contributed by atoms with Gasteiger partial charge in [-0.25, -0.2) is 17.6 Å². The van der Waals surface area contributed by atoms with E-state index in [1.807, 2.05) is 0 Å². The van der Waals surface area contributed by atoms with Gasteiger partial charge in [0.2, 0.25) is 11.5 Å². The summed E-state index contributed by atoms with van der Waals surface area (Å²) >= 11 is 0. The molecule has 3 rings (SSSR count). The molecule has 0 saturated heterocycles. The minimum absolute atomic E-state index is 0.0269. The first-order valence-electron chi connectivity index (χ1n) is 10.4. The predicted molar refractivity (Wildman–Crippen MR) is 119 cm³/mol. The first-order chi connectivity index (χ1) is 16.6. The maximum Gasteiger partial charge on any atom is 0.427 e. The summed E-state index contributed by atoms with van der Waals surface area (Å²) in [4.78, 5) is 26.5. The van der Waals surface area contributed by atoms with E-state index in [1.54, 1.807) is 0 Å². The van der Waals surface area contributed by atoms with Crippen molar-refractivity contribution >= 4 is 33.4 Å². The highest BCUT2D eigenvalue weighted by Crippen LogP contribution is 2.39. The minimum atomic E-state index is -4.83. The van der Waals surface area contributed by atoms with Gasteiger partial charge in [0.05, 0.1) is 25.0 Å². The summed E-state index contributed by atoms with van der Waals surface area (Å²) < 4.78 is 90.6. The number of anilines is 2. The van der Waals surface area contributed by atoms with E-state index in [2.05, 4.69) is 20.4 Å². The molecule has 0 unspecified atom stereocenters. The summed E-state index contributed by atoms with van der Waals surface area (Å²) in [6.45, 7) is 2.23. The summed E-state index contributed by atoms with van der Waals surface area (Å²) in [6.07, 6.45) is -5.34. The van der Waals surface area contributed by atoms with Crippen LogP contribution in [0.4, 0.5) is 33.7 Å². The molecule has 0 bridgehead atoms. The quantitative estimate of drug-likeness (QED) is 0.545. The van der Waals surface area contributed by atoms with Crippen molar-refractivity contribution in [1.29, 1.82) is 0 Å². The van der Waals surface area contributed by atoms with Crippen molar-refractivity contribution < 1.29 is 45.0 Å². The van der Waals surface area contributed by atoms with E-state index in [4.69, 9.17) is 4.74 Å². The zero-order valence-corrected chi connectivity index (χ0v) is 20.0. The number of ether oxygens (including phenoxy) is 2. The van der Waals surface area contributed by atoms with Crippen LogP contribution in [0.1, 0.15) is 20.8 Å². The van der Waals surface area contributed by atoms with Crippen LogP contribution in [0.3, 0.4) is 0 Å². The lowest BCUT2D eigenvalue weighted by atomic mass is 10.1. The van der Waals surface area contributed by atoms with E-state index in [-0.39, 0.29) is 36.1 Å². The topological polar surface area (TPSA) is 127 Å². The fraction of sp³-hybridized carbons (Fsp3) is 0.381. The predicted octanol–water partition coefficient (Wildman–Crippen LogP) is 3.20. The molecule has 0 radical (unpaired) electrons. The number of carbonyl (C=O) groups is 2. The van der Waals surface area contributed by atoms with Gasteiger partial charge >= 0.3 is 12.3 Å². The summed E-state index contributed by atoms with van der Waals surface area (Å²) in [5.41, 5.74) is -2.98. The first-order valence-corrected chi connectivity index (χ1v) is 11.8. The Balaban J connectivity index is 1.96. The highest BCUT2D eigenvalue weighted by molar-refractivity contribution is 7.92. The standard InChI is InChI=1S/C21H22F4N4O6S/c1-12(30)27-9-15-11-29(36(32,33)16-6-13(22)8-26-10-16)17-7-14(4-5-18(17)34-15)28-19(31)35-20(2,3)21(23,24)25/h4-8,10,15H,9,11H2,1-3H3,(H,27,30)(H,28,31)/t15-/m0/s1. The molecule has 0 saturated carbocycles. The second-order valence-corrected chi connectivity index (χ2v) is 10.1. The first kappa shape index (κ1) is 27.0. The molecule has 0 fully saturated rings. The molecule has 1 aliphatic heterocycles. The molecule has 1 aromatic heterocycles. The molecule has 2 heterocycles. The molecular weight excluding hydrogens is 512 g/mol. The van der Waals surface area contributed by atoms with Crippen molar-refractivity contribution in [3.8, 4) is 5.75 Å². The van der Waals surface area contributed by atoms with Gasteiger partial charge in [-0.2, -0.15) is 13.2 Å².